The van der Waals surface area contributed by atoms with E-state index in [-0.39, 0.29) is 25.7 Å². The van der Waals surface area contributed by atoms with E-state index in [2.05, 4.69) is 0 Å². The molecular weight excluding hydrogens is 684 g/mol. The molecule has 0 amide bonds. The van der Waals surface area contributed by atoms with E-state index in [1.807, 2.05) is 20.8 Å². The summed E-state index contributed by atoms with van der Waals surface area (Å²) in [7, 11) is 4.09. The number of hydrogen-bond donors (Lipinski definition) is 2. The van der Waals surface area contributed by atoms with Crippen molar-refractivity contribution in [2.45, 2.75) is 132 Å². The fraction of sp³-hybridized carbons (Fsp3) is 0.892. The number of carbonyl (C=O) groups is 4. The van der Waals surface area contributed by atoms with Crippen LogP contribution in [0.2, 0.25) is 0 Å². The molecule has 0 aromatic rings. The number of epoxide rings is 1. The topological polar surface area (TPSA) is 195 Å². The number of esters is 4. The molecule has 290 valence electrons. The lowest BCUT2D eigenvalue weighted by Gasteiger charge is -2.65. The Balaban J connectivity index is 1.35. The summed E-state index contributed by atoms with van der Waals surface area (Å²) in [5.74, 6) is -5.55. The van der Waals surface area contributed by atoms with Crippen LogP contribution in [0, 0.1) is 39.9 Å². The molecule has 1 spiro atoms. The van der Waals surface area contributed by atoms with E-state index in [9.17, 15) is 29.4 Å². The van der Waals surface area contributed by atoms with Crippen LogP contribution in [0.1, 0.15) is 66.7 Å². The molecule has 8 rings (SSSR count). The Labute approximate surface area is 302 Å². The van der Waals surface area contributed by atoms with E-state index in [0.717, 1.165) is 0 Å². The van der Waals surface area contributed by atoms with Gasteiger partial charge in [0.1, 0.15) is 28.8 Å². The van der Waals surface area contributed by atoms with Crippen LogP contribution in [-0.4, -0.2) is 134 Å². The number of fused-ring (bicyclic) bond motifs is 7. The van der Waals surface area contributed by atoms with Gasteiger partial charge < -0.3 is 52.8 Å². The van der Waals surface area contributed by atoms with Crippen molar-refractivity contribution in [1.29, 1.82) is 0 Å². The molecule has 2 bridgehead atoms. The number of aliphatic hydroxyl groups excluding tert-OH is 1. The molecule has 8 fully saturated rings. The summed E-state index contributed by atoms with van der Waals surface area (Å²) in [4.78, 5) is 54.6. The van der Waals surface area contributed by atoms with Crippen molar-refractivity contribution in [2.75, 3.05) is 34.5 Å². The van der Waals surface area contributed by atoms with Crippen LogP contribution in [0.4, 0.5) is 0 Å². The van der Waals surface area contributed by atoms with Gasteiger partial charge in [0.25, 0.3) is 0 Å². The standard InChI is InChI=1S/C37H52O15/c1-9-16(2)29(40)51-20-12-21(49-17(3)38)35(31(42)46-8)15-47-24-27(35)34(20)14-48-25(30(41)45-7)26(34)32(4,28(24)39)37-23-11-19(33(37,5)52-37)36(43)13-18(44-6)10-22(36)50-23/h16,18-28,39,43H,9-15H2,1-8H3/t16?,18-,19?,20-,21+,22+,23?,24+,25-,26-,27+,28+,32-,33-,34+,35-,36-,37-/m0/s1. The number of carbonyl (C=O) groups excluding carboxylic acids is 4. The molecule has 15 nitrogen and oxygen atoms in total. The normalized spacial score (nSPS) is 53.8. The average molecular weight is 737 g/mol. The van der Waals surface area contributed by atoms with Gasteiger partial charge in [0.15, 0.2) is 6.10 Å². The van der Waals surface area contributed by atoms with E-state index in [0.29, 0.717) is 25.7 Å². The van der Waals surface area contributed by atoms with Crippen molar-refractivity contribution in [3.63, 3.8) is 0 Å². The van der Waals surface area contributed by atoms with Crippen molar-refractivity contribution in [2.24, 2.45) is 39.9 Å². The Morgan fingerprint density at radius 1 is 0.923 bits per heavy atom. The fourth-order valence-corrected chi connectivity index (χ4v) is 13.2. The molecule has 4 saturated carbocycles. The first-order chi connectivity index (χ1) is 24.5. The summed E-state index contributed by atoms with van der Waals surface area (Å²) >= 11 is 0. The highest BCUT2D eigenvalue weighted by Gasteiger charge is 2.95. The maximum atomic E-state index is 14.2. The van der Waals surface area contributed by atoms with E-state index >= 15 is 0 Å². The second-order valence-electron chi connectivity index (χ2n) is 17.1. The predicted molar refractivity (Wildman–Crippen MR) is 173 cm³/mol. The quantitative estimate of drug-likeness (QED) is 0.202. The number of ether oxygens (including phenoxy) is 9. The summed E-state index contributed by atoms with van der Waals surface area (Å²) < 4.78 is 55.5. The van der Waals surface area contributed by atoms with Crippen LogP contribution < -0.4 is 0 Å². The molecule has 18 atom stereocenters. The molecule has 4 aliphatic carbocycles. The van der Waals surface area contributed by atoms with Gasteiger partial charge in [0, 0.05) is 61.9 Å². The lowest BCUT2D eigenvalue weighted by Crippen LogP contribution is -2.77. The lowest BCUT2D eigenvalue weighted by atomic mass is 9.38. The van der Waals surface area contributed by atoms with Crippen molar-refractivity contribution in [1.82, 2.24) is 0 Å². The summed E-state index contributed by atoms with van der Waals surface area (Å²) in [6, 6.07) is 0. The monoisotopic (exact) mass is 736 g/mol. The van der Waals surface area contributed by atoms with Gasteiger partial charge in [0.2, 0.25) is 0 Å². The molecule has 4 heterocycles. The van der Waals surface area contributed by atoms with Crippen LogP contribution >= 0.6 is 0 Å². The van der Waals surface area contributed by atoms with Gasteiger partial charge in [-0.3, -0.25) is 14.4 Å². The molecule has 52 heavy (non-hydrogen) atoms. The summed E-state index contributed by atoms with van der Waals surface area (Å²) in [5.41, 5.74) is -8.09. The minimum Gasteiger partial charge on any atom is -0.468 e. The van der Waals surface area contributed by atoms with E-state index in [1.54, 1.807) is 14.0 Å². The van der Waals surface area contributed by atoms with Crippen molar-refractivity contribution in [3.8, 4) is 0 Å². The molecule has 0 aromatic carbocycles. The van der Waals surface area contributed by atoms with Crippen LogP contribution in [-0.2, 0) is 61.8 Å². The van der Waals surface area contributed by atoms with Gasteiger partial charge in [-0.2, -0.15) is 0 Å². The van der Waals surface area contributed by atoms with E-state index in [1.165, 1.54) is 21.1 Å². The molecule has 3 unspecified atom stereocenters. The first-order valence-electron chi connectivity index (χ1n) is 18.6. The second kappa shape index (κ2) is 11.6. The lowest BCUT2D eigenvalue weighted by molar-refractivity contribution is -0.282. The summed E-state index contributed by atoms with van der Waals surface area (Å²) in [6.45, 7) is 8.13. The third-order valence-corrected chi connectivity index (χ3v) is 15.4. The highest BCUT2D eigenvalue weighted by Crippen LogP contribution is 2.82. The summed E-state index contributed by atoms with van der Waals surface area (Å²) in [5, 5.41) is 25.3. The van der Waals surface area contributed by atoms with Gasteiger partial charge in [-0.25, -0.2) is 4.79 Å². The van der Waals surface area contributed by atoms with Crippen LogP contribution in [0.25, 0.3) is 0 Å². The number of methoxy groups -OCH3 is 3. The Morgan fingerprint density at radius 3 is 2.29 bits per heavy atom. The Hall–Kier alpha value is -2.40. The zero-order valence-electron chi connectivity index (χ0n) is 31.1. The number of rotatable bonds is 8. The third-order valence-electron chi connectivity index (χ3n) is 15.4. The fourth-order valence-electron chi connectivity index (χ4n) is 13.2. The first-order valence-corrected chi connectivity index (χ1v) is 18.6. The minimum absolute atomic E-state index is 0.128. The van der Waals surface area contributed by atoms with E-state index in [4.69, 9.17) is 42.6 Å². The number of aliphatic hydroxyl groups is 2. The molecule has 2 N–H and O–H groups in total. The zero-order valence-corrected chi connectivity index (χ0v) is 31.1. The van der Waals surface area contributed by atoms with Crippen LogP contribution in [0.15, 0.2) is 0 Å². The zero-order chi connectivity index (χ0) is 37.6. The van der Waals surface area contributed by atoms with Gasteiger partial charge in [-0.1, -0.05) is 20.8 Å². The number of hydrogen-bond acceptors (Lipinski definition) is 15. The minimum atomic E-state index is -1.66. The van der Waals surface area contributed by atoms with Gasteiger partial charge >= 0.3 is 23.9 Å². The van der Waals surface area contributed by atoms with Gasteiger partial charge in [-0.05, 0) is 19.8 Å². The Morgan fingerprint density at radius 2 is 1.65 bits per heavy atom. The largest absolute Gasteiger partial charge is 0.468 e. The first kappa shape index (κ1) is 36.6. The van der Waals surface area contributed by atoms with Crippen molar-refractivity contribution >= 4 is 23.9 Å². The van der Waals surface area contributed by atoms with Gasteiger partial charge in [-0.15, -0.1) is 0 Å². The maximum absolute atomic E-state index is 14.2. The molecule has 15 heteroatoms. The SMILES string of the molecule is CCC(C)C(=O)O[C@H]1C[C@@H](OC(C)=O)[C@@]2(C(=O)OC)CO[C@H]3[C@@H](O)[C@@](C)([C@]45O[C@@]4(C)C4CC5O[C@@H]5C[C@H](OC)C[C@]45O)[C@@H]4[C@@H](C(=O)OC)OC[C@@]14[C@@H]32. The molecular formula is C37H52O15. The molecule has 0 aromatic heterocycles. The third kappa shape index (κ3) is 4.01. The molecule has 4 aliphatic heterocycles. The van der Waals surface area contributed by atoms with Crippen LogP contribution in [0.3, 0.4) is 0 Å². The maximum Gasteiger partial charge on any atom is 0.335 e. The molecule has 8 aliphatic rings. The molecule has 0 radical (unpaired) electrons. The molecule has 4 saturated heterocycles. The predicted octanol–water partition coefficient (Wildman–Crippen LogP) is 0.864. The summed E-state index contributed by atoms with van der Waals surface area (Å²) in [6.07, 6.45) is -5.86. The van der Waals surface area contributed by atoms with Crippen molar-refractivity contribution in [3.05, 3.63) is 0 Å². The Bertz CT molecular complexity index is 1550. The second-order valence-corrected chi connectivity index (χ2v) is 17.1. The average Bonchev–Trinajstić information content (AvgIpc) is 3.52. The highest BCUT2D eigenvalue weighted by atomic mass is 16.7. The highest BCUT2D eigenvalue weighted by molar-refractivity contribution is 5.81. The smallest absolute Gasteiger partial charge is 0.335 e. The van der Waals surface area contributed by atoms with Crippen molar-refractivity contribution < 1.29 is 72.0 Å². The van der Waals surface area contributed by atoms with E-state index < -0.39 is 123 Å². The van der Waals surface area contributed by atoms with Crippen LogP contribution in [0.5, 0.6) is 0 Å². The Kier molecular flexibility index (Phi) is 8.13. The van der Waals surface area contributed by atoms with Gasteiger partial charge in [0.05, 0.1) is 69.5 Å².